The fourth-order valence-corrected chi connectivity index (χ4v) is 1.60. The highest BCUT2D eigenvalue weighted by atomic mass is 16.6. The van der Waals surface area contributed by atoms with Gasteiger partial charge in [0, 0.05) is 18.7 Å². The van der Waals surface area contributed by atoms with Gasteiger partial charge >= 0.3 is 6.09 Å². The van der Waals surface area contributed by atoms with Gasteiger partial charge in [0.15, 0.2) is 0 Å². The Balaban J connectivity index is 2.08. The van der Waals surface area contributed by atoms with Crippen molar-refractivity contribution in [1.82, 2.24) is 10.6 Å². The van der Waals surface area contributed by atoms with Gasteiger partial charge in [-0.25, -0.2) is 4.79 Å². The van der Waals surface area contributed by atoms with Crippen LogP contribution < -0.4 is 10.6 Å². The molecule has 0 saturated heterocycles. The number of benzene rings is 1. The Bertz CT molecular complexity index is 427. The van der Waals surface area contributed by atoms with Crippen LogP contribution in [-0.2, 0) is 11.3 Å². The molecule has 0 radical (unpaired) electrons. The van der Waals surface area contributed by atoms with E-state index in [1.165, 1.54) is 0 Å². The van der Waals surface area contributed by atoms with Crippen LogP contribution in [0, 0.1) is 0 Å². The van der Waals surface area contributed by atoms with Gasteiger partial charge in [0.1, 0.15) is 11.4 Å². The fourth-order valence-electron chi connectivity index (χ4n) is 1.60. The van der Waals surface area contributed by atoms with Gasteiger partial charge in [-0.3, -0.25) is 0 Å². The zero-order chi connectivity index (χ0) is 15.0. The maximum Gasteiger partial charge on any atom is 0.407 e. The molecule has 0 heterocycles. The molecule has 0 aliphatic heterocycles. The first-order valence-corrected chi connectivity index (χ1v) is 6.83. The van der Waals surface area contributed by atoms with Crippen LogP contribution in [0.15, 0.2) is 24.3 Å². The molecule has 0 unspecified atom stereocenters. The molecular weight excluding hydrogens is 256 g/mol. The molecule has 0 aromatic heterocycles. The SMILES string of the molecule is CC(C)(C)OC(=O)NCCCNCc1ccccc1O. The number of carbonyl (C=O) groups excluding carboxylic acids is 1. The maximum atomic E-state index is 11.4. The molecule has 0 atom stereocenters. The van der Waals surface area contributed by atoms with E-state index in [1.807, 2.05) is 32.9 Å². The summed E-state index contributed by atoms with van der Waals surface area (Å²) in [5, 5.41) is 15.5. The van der Waals surface area contributed by atoms with E-state index in [9.17, 15) is 9.90 Å². The quantitative estimate of drug-likeness (QED) is 0.700. The zero-order valence-electron chi connectivity index (χ0n) is 12.4. The predicted molar refractivity (Wildman–Crippen MR) is 78.7 cm³/mol. The van der Waals surface area contributed by atoms with Crippen molar-refractivity contribution in [3.05, 3.63) is 29.8 Å². The number of aromatic hydroxyl groups is 1. The van der Waals surface area contributed by atoms with Crippen molar-refractivity contribution in [1.29, 1.82) is 0 Å². The van der Waals surface area contributed by atoms with Gasteiger partial charge in [-0.2, -0.15) is 0 Å². The summed E-state index contributed by atoms with van der Waals surface area (Å²) < 4.78 is 5.13. The summed E-state index contributed by atoms with van der Waals surface area (Å²) in [6.45, 7) is 7.42. The lowest BCUT2D eigenvalue weighted by Crippen LogP contribution is -2.33. The van der Waals surface area contributed by atoms with Gasteiger partial charge in [0.2, 0.25) is 0 Å². The monoisotopic (exact) mass is 280 g/mol. The Morgan fingerprint density at radius 2 is 1.95 bits per heavy atom. The highest BCUT2D eigenvalue weighted by Gasteiger charge is 2.15. The van der Waals surface area contributed by atoms with Crippen LogP contribution in [0.5, 0.6) is 5.75 Å². The van der Waals surface area contributed by atoms with Gasteiger partial charge in [-0.1, -0.05) is 18.2 Å². The minimum absolute atomic E-state index is 0.298. The summed E-state index contributed by atoms with van der Waals surface area (Å²) in [4.78, 5) is 11.4. The summed E-state index contributed by atoms with van der Waals surface area (Å²) in [6, 6.07) is 7.23. The minimum atomic E-state index is -0.465. The van der Waals surface area contributed by atoms with E-state index in [1.54, 1.807) is 12.1 Å². The first kappa shape index (κ1) is 16.3. The smallest absolute Gasteiger partial charge is 0.407 e. The first-order valence-electron chi connectivity index (χ1n) is 6.83. The lowest BCUT2D eigenvalue weighted by atomic mass is 10.2. The molecule has 0 fully saturated rings. The highest BCUT2D eigenvalue weighted by Crippen LogP contribution is 2.14. The van der Waals surface area contributed by atoms with Crippen LogP contribution >= 0.6 is 0 Å². The third kappa shape index (κ3) is 6.99. The molecule has 0 saturated carbocycles. The van der Waals surface area contributed by atoms with Crippen molar-refractivity contribution in [2.75, 3.05) is 13.1 Å². The molecule has 0 spiro atoms. The highest BCUT2D eigenvalue weighted by molar-refractivity contribution is 5.67. The van der Waals surface area contributed by atoms with Crippen molar-refractivity contribution in [3.63, 3.8) is 0 Å². The van der Waals surface area contributed by atoms with E-state index < -0.39 is 11.7 Å². The number of para-hydroxylation sites is 1. The van der Waals surface area contributed by atoms with Crippen molar-refractivity contribution >= 4 is 6.09 Å². The summed E-state index contributed by atoms with van der Waals surface area (Å²) in [6.07, 6.45) is 0.408. The number of carbonyl (C=O) groups is 1. The predicted octanol–water partition coefficient (Wildman–Crippen LogP) is 2.40. The van der Waals surface area contributed by atoms with E-state index in [2.05, 4.69) is 10.6 Å². The number of amides is 1. The molecule has 1 rings (SSSR count). The Hall–Kier alpha value is -1.75. The molecule has 1 aromatic rings. The van der Waals surface area contributed by atoms with Gasteiger partial charge in [-0.15, -0.1) is 0 Å². The number of nitrogens with one attached hydrogen (secondary N) is 2. The normalized spacial score (nSPS) is 11.2. The number of alkyl carbamates (subject to hydrolysis) is 1. The van der Waals surface area contributed by atoms with Gasteiger partial charge in [-0.05, 0) is 39.8 Å². The minimum Gasteiger partial charge on any atom is -0.508 e. The molecule has 0 aliphatic carbocycles. The molecule has 112 valence electrons. The second-order valence-corrected chi connectivity index (χ2v) is 5.59. The molecule has 1 amide bonds. The molecule has 5 heteroatoms. The number of ether oxygens (including phenoxy) is 1. The molecule has 0 bridgehead atoms. The van der Waals surface area contributed by atoms with E-state index in [0.717, 1.165) is 18.5 Å². The van der Waals surface area contributed by atoms with Crippen molar-refractivity contribution in [2.24, 2.45) is 0 Å². The summed E-state index contributed by atoms with van der Waals surface area (Å²) in [5.41, 5.74) is 0.403. The zero-order valence-corrected chi connectivity index (χ0v) is 12.4. The molecule has 1 aromatic carbocycles. The second-order valence-electron chi connectivity index (χ2n) is 5.59. The van der Waals surface area contributed by atoms with Gasteiger partial charge in [0.25, 0.3) is 0 Å². The van der Waals surface area contributed by atoms with E-state index in [-0.39, 0.29) is 0 Å². The topological polar surface area (TPSA) is 70.6 Å². The van der Waals surface area contributed by atoms with Crippen LogP contribution in [0.4, 0.5) is 4.79 Å². The molecule has 0 aliphatic rings. The number of hydrogen-bond donors (Lipinski definition) is 3. The fraction of sp³-hybridized carbons (Fsp3) is 0.533. The Labute approximate surface area is 120 Å². The molecule has 20 heavy (non-hydrogen) atoms. The van der Waals surface area contributed by atoms with Gasteiger partial charge < -0.3 is 20.5 Å². The third-order valence-electron chi connectivity index (χ3n) is 2.51. The van der Waals surface area contributed by atoms with Gasteiger partial charge in [0.05, 0.1) is 0 Å². The second kappa shape index (κ2) is 7.75. The lowest BCUT2D eigenvalue weighted by molar-refractivity contribution is 0.0527. The van der Waals surface area contributed by atoms with Crippen LogP contribution in [0.1, 0.15) is 32.8 Å². The van der Waals surface area contributed by atoms with Crippen molar-refractivity contribution in [2.45, 2.75) is 39.3 Å². The number of phenolic OH excluding ortho intramolecular Hbond substituents is 1. The number of rotatable bonds is 6. The average Bonchev–Trinajstić information content (AvgIpc) is 2.33. The number of hydrogen-bond acceptors (Lipinski definition) is 4. The summed E-state index contributed by atoms with van der Waals surface area (Å²) in [7, 11) is 0. The average molecular weight is 280 g/mol. The standard InChI is InChI=1S/C15H24N2O3/c1-15(2,3)20-14(19)17-10-6-9-16-11-12-7-4-5-8-13(12)18/h4-5,7-8,16,18H,6,9-11H2,1-3H3,(H,17,19). The van der Waals surface area contributed by atoms with Crippen LogP contribution in [0.25, 0.3) is 0 Å². The van der Waals surface area contributed by atoms with Crippen LogP contribution in [0.3, 0.4) is 0 Å². The summed E-state index contributed by atoms with van der Waals surface area (Å²) >= 11 is 0. The Morgan fingerprint density at radius 3 is 2.60 bits per heavy atom. The third-order valence-corrected chi connectivity index (χ3v) is 2.51. The first-order chi connectivity index (χ1) is 9.38. The largest absolute Gasteiger partial charge is 0.508 e. The van der Waals surface area contributed by atoms with Crippen molar-refractivity contribution < 1.29 is 14.6 Å². The van der Waals surface area contributed by atoms with Crippen molar-refractivity contribution in [3.8, 4) is 5.75 Å². The lowest BCUT2D eigenvalue weighted by Gasteiger charge is -2.19. The van der Waals surface area contributed by atoms with E-state index >= 15 is 0 Å². The molecular formula is C15H24N2O3. The van der Waals surface area contributed by atoms with E-state index in [0.29, 0.717) is 18.8 Å². The molecule has 3 N–H and O–H groups in total. The van der Waals surface area contributed by atoms with Crippen LogP contribution in [-0.4, -0.2) is 29.9 Å². The molecule has 5 nitrogen and oxygen atoms in total. The summed E-state index contributed by atoms with van der Waals surface area (Å²) in [5.74, 6) is 0.298. The maximum absolute atomic E-state index is 11.4. The Morgan fingerprint density at radius 1 is 1.25 bits per heavy atom. The Kier molecular flexibility index (Phi) is 6.31. The number of phenols is 1. The van der Waals surface area contributed by atoms with Crippen LogP contribution in [0.2, 0.25) is 0 Å². The van der Waals surface area contributed by atoms with E-state index in [4.69, 9.17) is 4.74 Å².